The first-order valence-corrected chi connectivity index (χ1v) is 7.88. The van der Waals surface area contributed by atoms with E-state index in [0.29, 0.717) is 16.0 Å². The van der Waals surface area contributed by atoms with Crippen molar-refractivity contribution in [3.05, 3.63) is 77.4 Å². The second kappa shape index (κ2) is 7.26. The Morgan fingerprint density at radius 1 is 1.04 bits per heavy atom. The lowest BCUT2D eigenvalue weighted by Crippen LogP contribution is -2.19. The average Bonchev–Trinajstić information content (AvgIpc) is 2.95. The average molecular weight is 343 g/mol. The van der Waals surface area contributed by atoms with Gasteiger partial charge in [-0.15, -0.1) is 0 Å². The molecule has 0 bridgehead atoms. The molecule has 0 amide bonds. The van der Waals surface area contributed by atoms with Crippen molar-refractivity contribution in [2.45, 2.75) is 6.54 Å². The van der Waals surface area contributed by atoms with Gasteiger partial charge in [-0.05, 0) is 36.0 Å². The van der Waals surface area contributed by atoms with Gasteiger partial charge < -0.3 is 10.6 Å². The number of halogens is 1. The molecule has 0 saturated carbocycles. The van der Waals surface area contributed by atoms with E-state index >= 15 is 0 Å². The van der Waals surface area contributed by atoms with Crippen LogP contribution in [0.1, 0.15) is 5.56 Å². The molecular weight excluding hydrogens is 328 g/mol. The maximum atomic E-state index is 5.95. The molecule has 0 spiro atoms. The van der Waals surface area contributed by atoms with Crippen molar-refractivity contribution in [2.24, 2.45) is 0 Å². The first-order valence-electron chi connectivity index (χ1n) is 7.10. The predicted octanol–water partition coefficient (Wildman–Crippen LogP) is 4.39. The van der Waals surface area contributed by atoms with E-state index in [9.17, 15) is 0 Å². The minimum absolute atomic E-state index is 0.470. The molecule has 2 N–H and O–H groups in total. The normalized spacial score (nSPS) is 10.3. The lowest BCUT2D eigenvalue weighted by Gasteiger charge is -2.08. The molecule has 0 fully saturated rings. The first-order chi connectivity index (χ1) is 11.2. The molecule has 0 radical (unpaired) electrons. The Bertz CT molecular complexity index is 801. The van der Waals surface area contributed by atoms with Crippen molar-refractivity contribution >= 4 is 40.4 Å². The van der Waals surface area contributed by atoms with Gasteiger partial charge in [0.1, 0.15) is 0 Å². The number of thiocarbonyl (C=S) groups is 1. The summed E-state index contributed by atoms with van der Waals surface area (Å²) in [5.41, 5.74) is 2.03. The van der Waals surface area contributed by atoms with Crippen molar-refractivity contribution < 1.29 is 0 Å². The summed E-state index contributed by atoms with van der Waals surface area (Å²) in [5, 5.41) is 11.7. The molecule has 3 rings (SSSR count). The number of hydrogen-bond acceptors (Lipinski definition) is 2. The molecule has 2 aromatic carbocycles. The molecule has 0 aliphatic heterocycles. The van der Waals surface area contributed by atoms with E-state index in [1.165, 1.54) is 5.56 Å². The van der Waals surface area contributed by atoms with Gasteiger partial charge in [-0.1, -0.05) is 48.0 Å². The van der Waals surface area contributed by atoms with E-state index in [0.717, 1.165) is 12.2 Å². The zero-order valence-electron chi connectivity index (χ0n) is 12.2. The monoisotopic (exact) mass is 342 g/mol. The molecule has 0 aliphatic carbocycles. The predicted molar refractivity (Wildman–Crippen MR) is 99.1 cm³/mol. The summed E-state index contributed by atoms with van der Waals surface area (Å²) in [5.74, 6) is 0.695. The Morgan fingerprint density at radius 3 is 2.65 bits per heavy atom. The quantitative estimate of drug-likeness (QED) is 0.690. The van der Waals surface area contributed by atoms with Crippen LogP contribution in [0.3, 0.4) is 0 Å². The van der Waals surface area contributed by atoms with Gasteiger partial charge in [-0.3, -0.25) is 4.68 Å². The molecular formula is C17H15ClN4S. The van der Waals surface area contributed by atoms with E-state index in [2.05, 4.69) is 27.9 Å². The van der Waals surface area contributed by atoms with E-state index in [1.54, 1.807) is 0 Å². The zero-order chi connectivity index (χ0) is 16.1. The van der Waals surface area contributed by atoms with Crippen molar-refractivity contribution in [3.63, 3.8) is 0 Å². The number of aromatic nitrogens is 2. The lowest BCUT2D eigenvalue weighted by molar-refractivity contribution is 0.690. The summed E-state index contributed by atoms with van der Waals surface area (Å²) in [6, 6.07) is 19.4. The van der Waals surface area contributed by atoms with Gasteiger partial charge in [0, 0.05) is 23.0 Å². The summed E-state index contributed by atoms with van der Waals surface area (Å²) in [6.07, 6.45) is 1.91. The Labute approximate surface area is 145 Å². The van der Waals surface area contributed by atoms with Crippen LogP contribution in [0.15, 0.2) is 66.9 Å². The van der Waals surface area contributed by atoms with Gasteiger partial charge in [0.25, 0.3) is 0 Å². The van der Waals surface area contributed by atoms with Crippen LogP contribution in [0.25, 0.3) is 0 Å². The van der Waals surface area contributed by atoms with Gasteiger partial charge in [0.05, 0.1) is 6.54 Å². The van der Waals surface area contributed by atoms with Gasteiger partial charge in [0.15, 0.2) is 10.9 Å². The molecule has 0 aliphatic rings. The Morgan fingerprint density at radius 2 is 1.87 bits per heavy atom. The highest BCUT2D eigenvalue weighted by atomic mass is 35.5. The first kappa shape index (κ1) is 15.5. The fraction of sp³-hybridized carbons (Fsp3) is 0.0588. The van der Waals surface area contributed by atoms with E-state index < -0.39 is 0 Å². The fourth-order valence-corrected chi connectivity index (χ4v) is 2.54. The van der Waals surface area contributed by atoms with Crippen LogP contribution in [-0.2, 0) is 6.54 Å². The highest BCUT2D eigenvalue weighted by Gasteiger charge is 2.03. The van der Waals surface area contributed by atoms with Crippen LogP contribution in [0.5, 0.6) is 0 Å². The largest absolute Gasteiger partial charge is 0.332 e. The van der Waals surface area contributed by atoms with Crippen molar-refractivity contribution in [1.29, 1.82) is 0 Å². The highest BCUT2D eigenvalue weighted by molar-refractivity contribution is 7.80. The molecule has 1 heterocycles. The summed E-state index contributed by atoms with van der Waals surface area (Å²) < 4.78 is 1.86. The third-order valence-electron chi connectivity index (χ3n) is 3.15. The number of nitrogens with zero attached hydrogens (tertiary/aromatic N) is 2. The third kappa shape index (κ3) is 4.55. The topological polar surface area (TPSA) is 41.9 Å². The summed E-state index contributed by atoms with van der Waals surface area (Å²) in [4.78, 5) is 0. The number of rotatable bonds is 4. The SMILES string of the molecule is S=C(Nc1cccc(Cl)c1)Nc1ccn(Cc2ccccc2)n1. The van der Waals surface area contributed by atoms with Crippen LogP contribution in [0, 0.1) is 0 Å². The molecule has 0 atom stereocenters. The standard InChI is InChI=1S/C17H15ClN4S/c18-14-7-4-8-15(11-14)19-17(23)20-16-9-10-22(21-16)12-13-5-2-1-3-6-13/h1-11H,12H2,(H2,19,20,21,23). The summed E-state index contributed by atoms with van der Waals surface area (Å²) >= 11 is 11.2. The fourth-order valence-electron chi connectivity index (χ4n) is 2.13. The Hall–Kier alpha value is -2.37. The second-order valence-corrected chi connectivity index (χ2v) is 5.82. The van der Waals surface area contributed by atoms with Crippen molar-refractivity contribution in [1.82, 2.24) is 9.78 Å². The molecule has 3 aromatic rings. The van der Waals surface area contributed by atoms with Crippen LogP contribution in [0.2, 0.25) is 5.02 Å². The van der Waals surface area contributed by atoms with E-state index in [-0.39, 0.29) is 0 Å². The molecule has 23 heavy (non-hydrogen) atoms. The summed E-state index contributed by atoms with van der Waals surface area (Å²) in [6.45, 7) is 0.719. The van der Waals surface area contributed by atoms with Gasteiger partial charge in [-0.25, -0.2) is 0 Å². The Balaban J connectivity index is 1.59. The molecule has 6 heteroatoms. The number of nitrogens with one attached hydrogen (secondary N) is 2. The minimum atomic E-state index is 0.470. The van der Waals surface area contributed by atoms with Crippen LogP contribution < -0.4 is 10.6 Å². The molecule has 4 nitrogen and oxygen atoms in total. The summed E-state index contributed by atoms with van der Waals surface area (Å²) in [7, 11) is 0. The van der Waals surface area contributed by atoms with Crippen LogP contribution >= 0.6 is 23.8 Å². The molecule has 0 unspecified atom stereocenters. The molecule has 0 saturated heterocycles. The highest BCUT2D eigenvalue weighted by Crippen LogP contribution is 2.15. The van der Waals surface area contributed by atoms with E-state index in [1.807, 2.05) is 59.4 Å². The van der Waals surface area contributed by atoms with E-state index in [4.69, 9.17) is 23.8 Å². The number of hydrogen-bond donors (Lipinski definition) is 2. The zero-order valence-corrected chi connectivity index (χ0v) is 13.8. The maximum absolute atomic E-state index is 5.95. The Kier molecular flexibility index (Phi) is 4.90. The van der Waals surface area contributed by atoms with Gasteiger partial charge in [-0.2, -0.15) is 5.10 Å². The van der Waals surface area contributed by atoms with Gasteiger partial charge >= 0.3 is 0 Å². The van der Waals surface area contributed by atoms with Crippen molar-refractivity contribution in [2.75, 3.05) is 10.6 Å². The minimum Gasteiger partial charge on any atom is -0.332 e. The molecule has 1 aromatic heterocycles. The third-order valence-corrected chi connectivity index (χ3v) is 3.59. The second-order valence-electron chi connectivity index (χ2n) is 4.97. The number of benzene rings is 2. The van der Waals surface area contributed by atoms with Gasteiger partial charge in [0.2, 0.25) is 0 Å². The van der Waals surface area contributed by atoms with Crippen LogP contribution in [0.4, 0.5) is 11.5 Å². The number of anilines is 2. The maximum Gasteiger partial charge on any atom is 0.176 e. The van der Waals surface area contributed by atoms with Crippen molar-refractivity contribution in [3.8, 4) is 0 Å². The van der Waals surface area contributed by atoms with Crippen LogP contribution in [-0.4, -0.2) is 14.9 Å². The molecule has 116 valence electrons. The lowest BCUT2D eigenvalue weighted by atomic mass is 10.2. The smallest absolute Gasteiger partial charge is 0.176 e.